The molecule has 4 nitrogen and oxygen atoms in total. The average molecular weight is 297 g/mol. The molecule has 7 heteroatoms. The molecule has 1 heterocycles. The Labute approximate surface area is 116 Å². The van der Waals surface area contributed by atoms with Gasteiger partial charge < -0.3 is 14.7 Å². The first-order chi connectivity index (χ1) is 9.29. The summed E-state index contributed by atoms with van der Waals surface area (Å²) in [6.45, 7) is 2.37. The molecule has 118 valence electrons. The van der Waals surface area contributed by atoms with E-state index in [2.05, 4.69) is 4.74 Å². The summed E-state index contributed by atoms with van der Waals surface area (Å²) >= 11 is 0. The van der Waals surface area contributed by atoms with Gasteiger partial charge in [-0.2, -0.15) is 13.2 Å². The number of nitrogens with zero attached hydrogens (tertiary/aromatic N) is 1. The summed E-state index contributed by atoms with van der Waals surface area (Å²) in [7, 11) is 0. The van der Waals surface area contributed by atoms with Crippen molar-refractivity contribution in [3.63, 3.8) is 0 Å². The number of carboxylic acids is 1. The quantitative estimate of drug-likeness (QED) is 0.734. The van der Waals surface area contributed by atoms with Crippen LogP contribution in [0.5, 0.6) is 0 Å². The van der Waals surface area contributed by atoms with Gasteiger partial charge in [-0.15, -0.1) is 0 Å². The van der Waals surface area contributed by atoms with Crippen molar-refractivity contribution in [3.05, 3.63) is 0 Å². The maximum atomic E-state index is 11.9. The zero-order chi connectivity index (χ0) is 15.2. The summed E-state index contributed by atoms with van der Waals surface area (Å²) in [5, 5.41) is 9.34. The molecule has 1 rings (SSSR count). The van der Waals surface area contributed by atoms with Crippen LogP contribution in [0.25, 0.3) is 0 Å². The minimum atomic E-state index is -4.29. The highest BCUT2D eigenvalue weighted by Crippen LogP contribution is 2.36. The third-order valence-electron chi connectivity index (χ3n) is 3.81. The van der Waals surface area contributed by atoms with Gasteiger partial charge in [0.1, 0.15) is 6.61 Å². The second-order valence-corrected chi connectivity index (χ2v) is 5.34. The van der Waals surface area contributed by atoms with Crippen LogP contribution in [0.1, 0.15) is 32.6 Å². The molecule has 0 bridgehead atoms. The summed E-state index contributed by atoms with van der Waals surface area (Å²) in [4.78, 5) is 13.3. The summed E-state index contributed by atoms with van der Waals surface area (Å²) in [5.41, 5.74) is -0.655. The molecule has 0 radical (unpaired) electrons. The molecule has 0 amide bonds. The van der Waals surface area contributed by atoms with Crippen LogP contribution in [0, 0.1) is 5.41 Å². The Morgan fingerprint density at radius 1 is 1.35 bits per heavy atom. The van der Waals surface area contributed by atoms with Gasteiger partial charge in [-0.3, -0.25) is 4.79 Å². The van der Waals surface area contributed by atoms with Crippen LogP contribution in [0.3, 0.4) is 0 Å². The molecule has 0 atom stereocenters. The number of alkyl halides is 3. The van der Waals surface area contributed by atoms with Gasteiger partial charge >= 0.3 is 12.1 Å². The molecule has 1 saturated heterocycles. The van der Waals surface area contributed by atoms with E-state index in [1.165, 1.54) is 0 Å². The van der Waals surface area contributed by atoms with Crippen molar-refractivity contribution in [2.24, 2.45) is 5.41 Å². The molecule has 0 aromatic heterocycles. The lowest BCUT2D eigenvalue weighted by molar-refractivity contribution is -0.175. The van der Waals surface area contributed by atoms with Crippen molar-refractivity contribution >= 4 is 5.97 Å². The normalized spacial score (nSPS) is 20.0. The number of hydrogen-bond acceptors (Lipinski definition) is 3. The highest BCUT2D eigenvalue weighted by Gasteiger charge is 2.40. The van der Waals surface area contributed by atoms with E-state index in [1.54, 1.807) is 0 Å². The predicted octanol–water partition coefficient (Wildman–Crippen LogP) is 2.53. The number of carbonyl (C=O) groups is 1. The third kappa shape index (κ3) is 5.28. The molecule has 20 heavy (non-hydrogen) atoms. The second-order valence-electron chi connectivity index (χ2n) is 5.34. The number of carboxylic acid groups (broad SMARTS) is 1. The minimum Gasteiger partial charge on any atom is -0.481 e. The molecule has 1 aliphatic heterocycles. The van der Waals surface area contributed by atoms with E-state index in [9.17, 15) is 23.1 Å². The van der Waals surface area contributed by atoms with Gasteiger partial charge in [0.2, 0.25) is 0 Å². The van der Waals surface area contributed by atoms with E-state index in [0.29, 0.717) is 38.9 Å². The Bertz CT molecular complexity index is 312. The van der Waals surface area contributed by atoms with Gasteiger partial charge in [-0.05, 0) is 32.4 Å². The van der Waals surface area contributed by atoms with Crippen LogP contribution >= 0.6 is 0 Å². The van der Waals surface area contributed by atoms with E-state index >= 15 is 0 Å². The Hall–Kier alpha value is -0.820. The molecule has 0 spiro atoms. The van der Waals surface area contributed by atoms with E-state index in [0.717, 1.165) is 6.42 Å². The second kappa shape index (κ2) is 7.26. The molecule has 0 saturated carbocycles. The first-order valence-corrected chi connectivity index (χ1v) is 6.89. The van der Waals surface area contributed by atoms with Crippen LogP contribution in [-0.2, 0) is 9.53 Å². The molecule has 0 unspecified atom stereocenters. The fourth-order valence-electron chi connectivity index (χ4n) is 2.64. The number of hydrogen-bond donors (Lipinski definition) is 1. The molecular formula is C13H22F3NO3. The first kappa shape index (κ1) is 17.2. The topological polar surface area (TPSA) is 49.8 Å². The number of ether oxygens (including phenoxy) is 1. The van der Waals surface area contributed by atoms with E-state index in [-0.39, 0.29) is 6.61 Å². The number of rotatable bonds is 7. The maximum absolute atomic E-state index is 11.9. The molecule has 1 fully saturated rings. The first-order valence-electron chi connectivity index (χ1n) is 6.89. The Morgan fingerprint density at radius 3 is 2.40 bits per heavy atom. The fourth-order valence-corrected chi connectivity index (χ4v) is 2.64. The van der Waals surface area contributed by atoms with Crippen molar-refractivity contribution in [1.82, 2.24) is 4.90 Å². The Balaban J connectivity index is 2.29. The summed E-state index contributed by atoms with van der Waals surface area (Å²) < 4.78 is 40.2. The van der Waals surface area contributed by atoms with E-state index in [1.807, 2.05) is 11.8 Å². The van der Waals surface area contributed by atoms with Crippen molar-refractivity contribution < 1.29 is 27.8 Å². The summed E-state index contributed by atoms with van der Waals surface area (Å²) in [6, 6.07) is 0. The lowest BCUT2D eigenvalue weighted by atomic mass is 9.75. The monoisotopic (exact) mass is 297 g/mol. The SMILES string of the molecule is CCCC1(C(=O)O)CCN(CCOCC(F)(F)F)CC1. The fraction of sp³-hybridized carbons (Fsp3) is 0.923. The van der Waals surface area contributed by atoms with Crippen molar-refractivity contribution in [2.75, 3.05) is 32.8 Å². The Morgan fingerprint density at radius 2 is 1.95 bits per heavy atom. The van der Waals surface area contributed by atoms with E-state index in [4.69, 9.17) is 0 Å². The largest absolute Gasteiger partial charge is 0.481 e. The molecule has 1 aliphatic rings. The Kier molecular flexibility index (Phi) is 6.26. The van der Waals surface area contributed by atoms with Crippen molar-refractivity contribution in [2.45, 2.75) is 38.8 Å². The van der Waals surface area contributed by atoms with Crippen LogP contribution in [0.2, 0.25) is 0 Å². The molecule has 0 aromatic rings. The summed E-state index contributed by atoms with van der Waals surface area (Å²) in [5.74, 6) is -0.757. The molecule has 1 N–H and O–H groups in total. The standard InChI is InChI=1S/C13H22F3NO3/c1-2-3-12(11(18)19)4-6-17(7-5-12)8-9-20-10-13(14,15)16/h2-10H2,1H3,(H,18,19). The zero-order valence-electron chi connectivity index (χ0n) is 11.7. The van der Waals surface area contributed by atoms with Crippen molar-refractivity contribution in [3.8, 4) is 0 Å². The maximum Gasteiger partial charge on any atom is 0.411 e. The van der Waals surface area contributed by atoms with Gasteiger partial charge in [-0.1, -0.05) is 13.3 Å². The lowest BCUT2D eigenvalue weighted by Gasteiger charge is -2.38. The number of halogens is 3. The van der Waals surface area contributed by atoms with Crippen LogP contribution in [-0.4, -0.2) is 55.0 Å². The van der Waals surface area contributed by atoms with Crippen molar-refractivity contribution in [1.29, 1.82) is 0 Å². The molecule has 0 aromatic carbocycles. The smallest absolute Gasteiger partial charge is 0.411 e. The lowest BCUT2D eigenvalue weighted by Crippen LogP contribution is -2.45. The highest BCUT2D eigenvalue weighted by molar-refractivity contribution is 5.74. The van der Waals surface area contributed by atoms with Gasteiger partial charge in [0.15, 0.2) is 0 Å². The number of likely N-dealkylation sites (tertiary alicyclic amines) is 1. The minimum absolute atomic E-state index is 0.0212. The predicted molar refractivity (Wildman–Crippen MR) is 67.5 cm³/mol. The van der Waals surface area contributed by atoms with Crippen LogP contribution < -0.4 is 0 Å². The number of piperidine rings is 1. The molecular weight excluding hydrogens is 275 g/mol. The van der Waals surface area contributed by atoms with Gasteiger partial charge in [-0.25, -0.2) is 0 Å². The zero-order valence-corrected chi connectivity index (χ0v) is 11.7. The van der Waals surface area contributed by atoms with Gasteiger partial charge in [0.05, 0.1) is 12.0 Å². The highest BCUT2D eigenvalue weighted by atomic mass is 19.4. The van der Waals surface area contributed by atoms with E-state index < -0.39 is 24.2 Å². The third-order valence-corrected chi connectivity index (χ3v) is 3.81. The molecule has 0 aliphatic carbocycles. The number of aliphatic carboxylic acids is 1. The summed E-state index contributed by atoms with van der Waals surface area (Å²) in [6.07, 6.45) is -1.71. The van der Waals surface area contributed by atoms with Gasteiger partial charge in [0, 0.05) is 6.54 Å². The van der Waals surface area contributed by atoms with Gasteiger partial charge in [0.25, 0.3) is 0 Å². The average Bonchev–Trinajstić information content (AvgIpc) is 2.35. The van der Waals surface area contributed by atoms with Crippen LogP contribution in [0.4, 0.5) is 13.2 Å². The van der Waals surface area contributed by atoms with Crippen LogP contribution in [0.15, 0.2) is 0 Å².